The molecule has 0 radical (unpaired) electrons. The van der Waals surface area contributed by atoms with Crippen LogP contribution in [0.5, 0.6) is 0 Å². The number of phosphoric ester groups is 17. The normalized spacial score (nSPS) is 20.4. The Morgan fingerprint density at radius 2 is 0.285 bits per heavy atom. The maximum atomic E-state index is 11.9. The van der Waals surface area contributed by atoms with Gasteiger partial charge in [-0.2, -0.15) is 0 Å². The molecule has 0 spiro atoms. The van der Waals surface area contributed by atoms with Crippen LogP contribution in [-0.2, 0) is 209 Å². The molecule has 23 atom stereocenters. The van der Waals surface area contributed by atoms with E-state index in [0.717, 1.165) is 0 Å². The van der Waals surface area contributed by atoms with Gasteiger partial charge in [0.2, 0.25) is 0 Å². The van der Waals surface area contributed by atoms with Crippen molar-refractivity contribution in [3.8, 4) is 0 Å². The van der Waals surface area contributed by atoms with Crippen molar-refractivity contribution in [1.82, 2.24) is 31.9 Å². The Labute approximate surface area is 826 Å². The van der Waals surface area contributed by atoms with Crippen LogP contribution < -0.4 is 115 Å². The van der Waals surface area contributed by atoms with Crippen LogP contribution in [-0.4, -0.2) is 309 Å². The molecule has 0 aromatic rings. The standard InChI is InChI=1S/C24H61N2O37P9.4C7H19NO8P2/c1-25-17-23(19-27)20-62-71(43,44)59-15-13-57-69(39,40)55-11-9-53-67(35,36)51-7-5-49-65(31,32)47-3-4-48-66(33,34)50-6-8-52-68(37,38)54-10-12-56-70(41,42)58-14-16-60-72(45,46)63-22-24(18-26-2)21-61-64(28,29)30;4*1-7(5-8-2)6-16-18(12,13)15-4-3-14-17(9,10)11/h23-27H,3-22H2,1-2H3,(H,31,32)(H,33,34)(H,35,36)(H,37,38)(H,39,40)(H,41,42)(H,43,44)(H,45,46)(H2,28,29,30);4*7-8H,3-6H2,1-2H3,(H,12,13)(H2,9,10,11)/p-17. The van der Waals surface area contributed by atoms with Gasteiger partial charge in [-0.3, -0.25) is 77.6 Å². The second kappa shape index (κ2) is 80.4. The number of hydrogen-bond acceptors (Lipinski definition) is 70. The Morgan fingerprint density at radius 3 is 0.417 bits per heavy atom. The highest BCUT2D eigenvalue weighted by molar-refractivity contribution is 7.49. The highest BCUT2D eigenvalue weighted by atomic mass is 31.2. The third kappa shape index (κ3) is 110. The maximum absolute atomic E-state index is 11.9. The lowest BCUT2D eigenvalue weighted by Crippen LogP contribution is -2.28. The molecule has 0 fully saturated rings. The van der Waals surface area contributed by atoms with Crippen LogP contribution in [0.1, 0.15) is 27.7 Å². The summed E-state index contributed by atoms with van der Waals surface area (Å²) < 4.78 is 315. The van der Waals surface area contributed by atoms with Crippen molar-refractivity contribution in [2.45, 2.75) is 27.7 Å². The number of hydrogen-bond donors (Lipinski definition) is 12. The molecule has 75 nitrogen and oxygen atoms in total. The van der Waals surface area contributed by atoms with Gasteiger partial charge in [0, 0.05) is 31.5 Å². The predicted molar refractivity (Wildman–Crippen MR) is 447 cm³/mol. The monoisotopic (exact) mass is 2460 g/mol. The van der Waals surface area contributed by atoms with E-state index in [0.29, 0.717) is 26.2 Å². The minimum atomic E-state index is -5.27. The first-order chi connectivity index (χ1) is 65.7. The maximum Gasteiger partial charge on any atom is 0.268 e. The molecule has 0 aliphatic rings. The van der Waals surface area contributed by atoms with Crippen molar-refractivity contribution in [2.24, 2.45) is 35.5 Å². The quantitative estimate of drug-likeness (QED) is 0.0199. The average Bonchev–Trinajstić information content (AvgIpc) is 0.876. The van der Waals surface area contributed by atoms with E-state index >= 15 is 0 Å². The number of nitrogens with one attached hydrogen (secondary N) is 6. The van der Waals surface area contributed by atoms with E-state index in [-0.39, 0.29) is 63.2 Å². The molecular weight excluding hydrogens is 2340 g/mol. The van der Waals surface area contributed by atoms with Crippen molar-refractivity contribution in [3.63, 3.8) is 0 Å². The van der Waals surface area contributed by atoms with Crippen molar-refractivity contribution < 1.29 is 322 Å². The fourth-order valence-electron chi connectivity index (χ4n) is 7.76. The van der Waals surface area contributed by atoms with E-state index in [1.165, 1.54) is 7.05 Å². The van der Waals surface area contributed by atoms with E-state index in [9.17, 15) is 161 Å². The Kier molecular flexibility index (Phi) is 86.0. The first-order valence-corrected chi connectivity index (χ1v) is 64.8. The summed E-state index contributed by atoms with van der Waals surface area (Å²) in [5.41, 5.74) is 0. The van der Waals surface area contributed by atoms with Crippen molar-refractivity contribution in [1.29, 1.82) is 0 Å². The summed E-state index contributed by atoms with van der Waals surface area (Å²) in [6.07, 6.45) is 0. The highest BCUT2D eigenvalue weighted by Crippen LogP contribution is 2.49. The van der Waals surface area contributed by atoms with Crippen LogP contribution in [0.3, 0.4) is 0 Å². The molecule has 0 saturated heterocycles. The van der Waals surface area contributed by atoms with Gasteiger partial charge in [-0.05, 0) is 92.1 Å². The number of phosphoric acid groups is 17. The lowest BCUT2D eigenvalue weighted by molar-refractivity contribution is -0.238. The molecule has 0 aromatic heterocycles. The van der Waals surface area contributed by atoms with Gasteiger partial charge in [-0.1, -0.05) is 27.7 Å². The Bertz CT molecular complexity index is 4000. The Hall–Kier alpha value is 1.59. The molecule has 0 bridgehead atoms. The second-order valence-electron chi connectivity index (χ2n) is 26.8. The van der Waals surface area contributed by atoms with Crippen molar-refractivity contribution >= 4 is 133 Å². The first kappa shape index (κ1) is 154. The smallest absolute Gasteiger partial charge is 0.268 e. The van der Waals surface area contributed by atoms with Crippen LogP contribution >= 0.6 is 133 Å². The van der Waals surface area contributed by atoms with E-state index in [4.69, 9.17) is 29.6 Å². The zero-order valence-corrected chi connectivity index (χ0v) is 93.1. The molecule has 92 heteroatoms. The fraction of sp³-hybridized carbons (Fsp3) is 1.00. The lowest BCUT2D eigenvalue weighted by Gasteiger charge is -2.28. The zero-order chi connectivity index (χ0) is 112. The van der Waals surface area contributed by atoms with Gasteiger partial charge in [-0.25, -0.2) is 0 Å². The summed E-state index contributed by atoms with van der Waals surface area (Å²) in [5.74, 6) is -1.62. The Morgan fingerprint density at radius 1 is 0.174 bits per heavy atom. The molecule has 23 unspecified atom stereocenters. The number of rotatable bonds is 89. The summed E-state index contributed by atoms with van der Waals surface area (Å²) >= 11 is 0. The third-order valence-electron chi connectivity index (χ3n) is 13.4. The van der Waals surface area contributed by atoms with Gasteiger partial charge in [0.25, 0.3) is 133 Å². The number of aliphatic hydroxyl groups is 1. The Balaban J connectivity index is -0.000000707. The highest BCUT2D eigenvalue weighted by Gasteiger charge is 2.25. The van der Waals surface area contributed by atoms with Gasteiger partial charge < -0.3 is 276 Å². The molecule has 0 rings (SSSR count). The second-order valence-corrected chi connectivity index (χ2v) is 49.7. The van der Waals surface area contributed by atoms with Crippen LogP contribution in [0.2, 0.25) is 0 Å². The van der Waals surface area contributed by atoms with E-state index in [1.54, 1.807) is 62.9 Å². The largest absolute Gasteiger partial charge is 0.756 e. The van der Waals surface area contributed by atoms with Crippen molar-refractivity contribution in [2.75, 3.05) is 280 Å². The predicted octanol–water partition coefficient (Wildman–Crippen LogP) is -10.6. The van der Waals surface area contributed by atoms with E-state index in [1.807, 2.05) is 0 Å². The minimum Gasteiger partial charge on any atom is -0.756 e. The molecule has 12 N–H and O–H groups in total. The molecule has 874 valence electrons. The summed E-state index contributed by atoms with van der Waals surface area (Å²) in [7, 11) is -74.0. The third-order valence-corrected chi connectivity index (χ3v) is 27.6. The van der Waals surface area contributed by atoms with Gasteiger partial charge in [0.05, 0.1) is 192 Å². The molecular formula is C52H120N6O69P17-17. The van der Waals surface area contributed by atoms with Gasteiger partial charge in [0.15, 0.2) is 0 Å². The average molecular weight is 2460 g/mol. The van der Waals surface area contributed by atoms with Crippen LogP contribution in [0, 0.1) is 35.5 Å². The van der Waals surface area contributed by atoms with Gasteiger partial charge in [-0.15, -0.1) is 0 Å². The summed E-state index contributed by atoms with van der Waals surface area (Å²) in [4.78, 5) is 232. The molecule has 0 amide bonds. The van der Waals surface area contributed by atoms with Gasteiger partial charge in [0.1, 0.15) is 0 Å². The van der Waals surface area contributed by atoms with Crippen LogP contribution in [0.4, 0.5) is 0 Å². The summed E-state index contributed by atoms with van der Waals surface area (Å²) in [5, 5.41) is 25.8. The molecule has 144 heavy (non-hydrogen) atoms. The van der Waals surface area contributed by atoms with Crippen LogP contribution in [0.25, 0.3) is 0 Å². The summed E-state index contributed by atoms with van der Waals surface area (Å²) in [6, 6.07) is 0. The molecule has 0 aliphatic carbocycles. The molecule has 0 heterocycles. The minimum absolute atomic E-state index is 0.0258. The lowest BCUT2D eigenvalue weighted by atomic mass is 10.2. The molecule has 0 saturated carbocycles. The molecule has 0 aliphatic heterocycles. The van der Waals surface area contributed by atoms with Crippen LogP contribution in [0.15, 0.2) is 0 Å². The SMILES string of the molecule is CNCC(C)COP(=O)([O-])OCCOP(=O)([O-])O.CNCC(C)COP(=O)([O-])OCCOP(=O)([O-])O.CNCC(C)COP(=O)([O-])OCCOP(=O)([O-])O.CNCC(C)COP(=O)([O-])OCCOP(=O)([O-])O.CNCC(CO)COP(=O)([O-])OCCOP(=O)([O-])OCCOP(=O)([O-])OCCOP(=O)([O-])OCCOP(=O)([O-])OCCOP(=O)([O-])OCCOP(=O)([O-])OCCOP(=O)([O-])OCC(CNC)COP(=O)([O-])O. The first-order valence-electron chi connectivity index (χ1n) is 39.8. The molecule has 0 aromatic carbocycles. The van der Waals surface area contributed by atoms with E-state index < -0.39 is 317 Å². The topological polar surface area (TPSA) is 1140 Å². The van der Waals surface area contributed by atoms with E-state index in [2.05, 4.69) is 163 Å². The van der Waals surface area contributed by atoms with Gasteiger partial charge >= 0.3 is 0 Å². The number of aliphatic hydroxyl groups excluding tert-OH is 1. The van der Waals surface area contributed by atoms with Crippen molar-refractivity contribution in [3.05, 3.63) is 0 Å². The fourth-order valence-corrected chi connectivity index (χ4v) is 18.2. The summed E-state index contributed by atoms with van der Waals surface area (Å²) in [6.45, 7) is -11.3. The zero-order valence-electron chi connectivity index (χ0n) is 77.9.